The number of hydrogen-bond acceptors (Lipinski definition) is 3. The van der Waals surface area contributed by atoms with Gasteiger partial charge in [-0.2, -0.15) is 0 Å². The van der Waals surface area contributed by atoms with Crippen molar-refractivity contribution < 1.29 is 9.90 Å². The highest BCUT2D eigenvalue weighted by Gasteiger charge is 2.12. The van der Waals surface area contributed by atoms with Crippen molar-refractivity contribution in [1.82, 2.24) is 0 Å². The summed E-state index contributed by atoms with van der Waals surface area (Å²) in [4.78, 5) is 15.5. The second-order valence-corrected chi connectivity index (χ2v) is 4.13. The van der Waals surface area contributed by atoms with Crippen molar-refractivity contribution in [1.29, 1.82) is 0 Å². The molecule has 0 unspecified atom stereocenters. The molecule has 0 radical (unpaired) electrons. The van der Waals surface area contributed by atoms with E-state index in [-0.39, 0.29) is 11.5 Å². The number of aliphatic hydroxyl groups is 1. The van der Waals surface area contributed by atoms with Crippen LogP contribution in [0.4, 0.5) is 0 Å². The predicted octanol–water partition coefficient (Wildman–Crippen LogP) is 2.81. The first-order valence-corrected chi connectivity index (χ1v) is 5.55. The molecule has 15 heavy (non-hydrogen) atoms. The molecule has 0 atom stereocenters. The monoisotopic (exact) mass is 209 g/mol. The number of aliphatic imine (C=N–C) groups is 1. The first kappa shape index (κ1) is 12.0. The Morgan fingerprint density at radius 2 is 1.87 bits per heavy atom. The lowest BCUT2D eigenvalue weighted by molar-refractivity contribution is -0.113. The second kappa shape index (κ2) is 5.69. The van der Waals surface area contributed by atoms with E-state index in [2.05, 4.69) is 4.99 Å². The molecule has 0 spiro atoms. The Morgan fingerprint density at radius 3 is 2.33 bits per heavy atom. The van der Waals surface area contributed by atoms with Gasteiger partial charge in [0, 0.05) is 12.3 Å². The molecule has 0 heterocycles. The highest BCUT2D eigenvalue weighted by Crippen LogP contribution is 2.20. The number of carbonyl (C=O) groups is 1. The summed E-state index contributed by atoms with van der Waals surface area (Å²) in [6.45, 7) is 2.96. The van der Waals surface area contributed by atoms with Crippen LogP contribution in [0.5, 0.6) is 0 Å². The molecular weight excluding hydrogens is 190 g/mol. The SMILES string of the molecule is CC(=O)/C(C=NC1CCCCC1)=C(\C)O. The van der Waals surface area contributed by atoms with Gasteiger partial charge in [-0.3, -0.25) is 9.79 Å². The summed E-state index contributed by atoms with van der Waals surface area (Å²) >= 11 is 0. The van der Waals surface area contributed by atoms with Gasteiger partial charge in [0.25, 0.3) is 0 Å². The molecule has 0 aromatic rings. The number of rotatable bonds is 3. The number of Topliss-reactive ketones (excluding diaryl/α,β-unsaturated/α-hetero) is 1. The predicted molar refractivity (Wildman–Crippen MR) is 61.4 cm³/mol. The minimum Gasteiger partial charge on any atom is -0.512 e. The van der Waals surface area contributed by atoms with Crippen LogP contribution in [0.25, 0.3) is 0 Å². The summed E-state index contributed by atoms with van der Waals surface area (Å²) in [6, 6.07) is 0.340. The molecule has 0 saturated heterocycles. The lowest BCUT2D eigenvalue weighted by Gasteiger charge is -2.17. The second-order valence-electron chi connectivity index (χ2n) is 4.13. The Labute approximate surface area is 90.9 Å². The maximum absolute atomic E-state index is 11.1. The molecule has 0 aliphatic heterocycles. The van der Waals surface area contributed by atoms with E-state index in [1.165, 1.54) is 39.3 Å². The maximum Gasteiger partial charge on any atom is 0.164 e. The molecule has 1 aliphatic carbocycles. The van der Waals surface area contributed by atoms with Gasteiger partial charge in [0.1, 0.15) is 5.76 Å². The minimum atomic E-state index is -0.130. The normalized spacial score (nSPS) is 20.4. The van der Waals surface area contributed by atoms with Crippen LogP contribution < -0.4 is 0 Å². The number of hydrogen-bond donors (Lipinski definition) is 1. The fraction of sp³-hybridized carbons (Fsp3) is 0.667. The van der Waals surface area contributed by atoms with E-state index < -0.39 is 0 Å². The van der Waals surface area contributed by atoms with Crippen molar-refractivity contribution in [3.05, 3.63) is 11.3 Å². The third kappa shape index (κ3) is 3.86. The zero-order valence-electron chi connectivity index (χ0n) is 9.49. The molecule has 84 valence electrons. The van der Waals surface area contributed by atoms with Gasteiger partial charge in [-0.25, -0.2) is 0 Å². The first-order valence-electron chi connectivity index (χ1n) is 5.55. The zero-order chi connectivity index (χ0) is 11.3. The average molecular weight is 209 g/mol. The quantitative estimate of drug-likeness (QED) is 0.441. The van der Waals surface area contributed by atoms with E-state index in [9.17, 15) is 9.90 Å². The molecule has 0 aromatic heterocycles. The van der Waals surface area contributed by atoms with Crippen molar-refractivity contribution in [3.8, 4) is 0 Å². The van der Waals surface area contributed by atoms with E-state index >= 15 is 0 Å². The van der Waals surface area contributed by atoms with Crippen molar-refractivity contribution in [3.63, 3.8) is 0 Å². The summed E-state index contributed by atoms with van der Waals surface area (Å²) < 4.78 is 0. The standard InChI is InChI=1S/C12H19NO2/c1-9(14)12(10(2)15)8-13-11-6-4-3-5-7-11/h8,11,14H,3-7H2,1-2H3/b12-9+,13-8?. The van der Waals surface area contributed by atoms with Crippen LogP contribution in [0.3, 0.4) is 0 Å². The van der Waals surface area contributed by atoms with Gasteiger partial charge in [-0.1, -0.05) is 19.3 Å². The first-order chi connectivity index (χ1) is 7.11. The smallest absolute Gasteiger partial charge is 0.164 e. The van der Waals surface area contributed by atoms with Crippen LogP contribution in [0.1, 0.15) is 46.0 Å². The number of carbonyl (C=O) groups excluding carboxylic acids is 1. The van der Waals surface area contributed by atoms with Gasteiger partial charge in [-0.05, 0) is 26.7 Å². The Bertz CT molecular complexity index is 282. The molecule has 3 nitrogen and oxygen atoms in total. The fourth-order valence-corrected chi connectivity index (χ4v) is 1.85. The van der Waals surface area contributed by atoms with Gasteiger partial charge in [0.2, 0.25) is 0 Å². The topological polar surface area (TPSA) is 49.7 Å². The van der Waals surface area contributed by atoms with E-state index in [1.807, 2.05) is 0 Å². The third-order valence-corrected chi connectivity index (χ3v) is 2.76. The molecule has 1 saturated carbocycles. The number of aliphatic hydroxyl groups excluding tert-OH is 1. The Balaban J connectivity index is 2.61. The van der Waals surface area contributed by atoms with E-state index in [1.54, 1.807) is 0 Å². The summed E-state index contributed by atoms with van der Waals surface area (Å²) in [5.74, 6) is -0.0726. The Hall–Kier alpha value is -1.12. The van der Waals surface area contributed by atoms with Crippen LogP contribution in [-0.4, -0.2) is 23.1 Å². The van der Waals surface area contributed by atoms with Crippen LogP contribution in [0.2, 0.25) is 0 Å². The van der Waals surface area contributed by atoms with Gasteiger partial charge < -0.3 is 5.11 Å². The summed E-state index contributed by atoms with van der Waals surface area (Å²) in [6.07, 6.45) is 7.48. The van der Waals surface area contributed by atoms with E-state index in [0.717, 1.165) is 12.8 Å². The van der Waals surface area contributed by atoms with Crippen LogP contribution in [0.15, 0.2) is 16.3 Å². The largest absolute Gasteiger partial charge is 0.512 e. The lowest BCUT2D eigenvalue weighted by atomic mass is 9.96. The summed E-state index contributed by atoms with van der Waals surface area (Å²) in [5, 5.41) is 9.28. The van der Waals surface area contributed by atoms with Crippen LogP contribution in [-0.2, 0) is 4.79 Å². The summed E-state index contributed by atoms with van der Waals surface area (Å²) in [5.41, 5.74) is 0.334. The molecular formula is C12H19NO2. The minimum absolute atomic E-state index is 0.0575. The van der Waals surface area contributed by atoms with Gasteiger partial charge in [0.15, 0.2) is 5.78 Å². The Morgan fingerprint density at radius 1 is 1.27 bits per heavy atom. The zero-order valence-corrected chi connectivity index (χ0v) is 9.49. The number of nitrogens with zero attached hydrogens (tertiary/aromatic N) is 1. The van der Waals surface area contributed by atoms with Gasteiger partial charge in [0.05, 0.1) is 5.57 Å². The molecule has 0 amide bonds. The lowest BCUT2D eigenvalue weighted by Crippen LogP contribution is -2.11. The average Bonchev–Trinajstić information content (AvgIpc) is 2.18. The molecule has 1 fully saturated rings. The summed E-state index contributed by atoms with van der Waals surface area (Å²) in [7, 11) is 0. The van der Waals surface area contributed by atoms with Crippen LogP contribution >= 0.6 is 0 Å². The van der Waals surface area contributed by atoms with Crippen molar-refractivity contribution in [2.45, 2.75) is 52.0 Å². The maximum atomic E-state index is 11.1. The van der Waals surface area contributed by atoms with Crippen molar-refractivity contribution in [2.75, 3.05) is 0 Å². The fourth-order valence-electron chi connectivity index (χ4n) is 1.85. The van der Waals surface area contributed by atoms with E-state index in [0.29, 0.717) is 11.6 Å². The van der Waals surface area contributed by atoms with Crippen LogP contribution in [0, 0.1) is 0 Å². The molecule has 3 heteroatoms. The van der Waals surface area contributed by atoms with E-state index in [4.69, 9.17) is 0 Å². The van der Waals surface area contributed by atoms with Crippen molar-refractivity contribution in [2.24, 2.45) is 4.99 Å². The van der Waals surface area contributed by atoms with Gasteiger partial charge >= 0.3 is 0 Å². The highest BCUT2D eigenvalue weighted by atomic mass is 16.3. The number of ketones is 1. The third-order valence-electron chi connectivity index (χ3n) is 2.76. The molecule has 1 N–H and O–H groups in total. The highest BCUT2D eigenvalue weighted by molar-refractivity contribution is 6.12. The molecule has 1 rings (SSSR count). The molecule has 0 aromatic carbocycles. The Kier molecular flexibility index (Phi) is 4.53. The molecule has 0 bridgehead atoms. The van der Waals surface area contributed by atoms with Crippen molar-refractivity contribution >= 4 is 12.0 Å². The number of allylic oxidation sites excluding steroid dienone is 2. The van der Waals surface area contributed by atoms with Gasteiger partial charge in [-0.15, -0.1) is 0 Å². The molecule has 1 aliphatic rings.